The van der Waals surface area contributed by atoms with Crippen molar-refractivity contribution in [3.63, 3.8) is 0 Å². The SMILES string of the molecule is O=C(Nc1cnn(C[C@H]2CCCCO2)c1)c1c[nH]c2ccccc12. The Morgan fingerprint density at radius 2 is 2.29 bits per heavy atom. The Balaban J connectivity index is 1.44. The summed E-state index contributed by atoms with van der Waals surface area (Å²) in [5.41, 5.74) is 2.28. The number of rotatable bonds is 4. The normalized spacial score (nSPS) is 17.9. The molecule has 0 bridgehead atoms. The maximum atomic E-state index is 12.5. The summed E-state index contributed by atoms with van der Waals surface area (Å²) in [6.07, 6.45) is 8.89. The smallest absolute Gasteiger partial charge is 0.257 e. The number of nitrogens with zero attached hydrogens (tertiary/aromatic N) is 2. The molecule has 3 heterocycles. The van der Waals surface area contributed by atoms with Gasteiger partial charge in [-0.25, -0.2) is 0 Å². The highest BCUT2D eigenvalue weighted by molar-refractivity contribution is 6.12. The topological polar surface area (TPSA) is 71.9 Å². The molecular weight excluding hydrogens is 304 g/mol. The van der Waals surface area contributed by atoms with E-state index in [1.807, 2.05) is 35.1 Å². The number of fused-ring (bicyclic) bond motifs is 1. The second kappa shape index (κ2) is 6.49. The minimum atomic E-state index is -0.138. The number of hydrogen-bond acceptors (Lipinski definition) is 3. The number of anilines is 1. The van der Waals surface area contributed by atoms with Crippen molar-refractivity contribution in [2.75, 3.05) is 11.9 Å². The lowest BCUT2D eigenvalue weighted by Gasteiger charge is -2.22. The molecule has 4 rings (SSSR count). The second-order valence-corrected chi connectivity index (χ2v) is 6.14. The summed E-state index contributed by atoms with van der Waals surface area (Å²) < 4.78 is 7.56. The van der Waals surface area contributed by atoms with E-state index in [4.69, 9.17) is 4.74 Å². The predicted molar refractivity (Wildman–Crippen MR) is 92.1 cm³/mol. The number of ether oxygens (including phenoxy) is 1. The molecule has 24 heavy (non-hydrogen) atoms. The number of benzene rings is 1. The van der Waals surface area contributed by atoms with Gasteiger partial charge in [0, 0.05) is 29.9 Å². The van der Waals surface area contributed by atoms with Gasteiger partial charge in [-0.2, -0.15) is 5.10 Å². The van der Waals surface area contributed by atoms with Crippen LogP contribution in [0.15, 0.2) is 42.9 Å². The van der Waals surface area contributed by atoms with Gasteiger partial charge in [0.25, 0.3) is 5.91 Å². The first kappa shape index (κ1) is 15.0. The number of aromatic amines is 1. The summed E-state index contributed by atoms with van der Waals surface area (Å²) in [6, 6.07) is 7.76. The van der Waals surface area contributed by atoms with Gasteiger partial charge in [0.1, 0.15) is 0 Å². The summed E-state index contributed by atoms with van der Waals surface area (Å²) in [5, 5.41) is 8.15. The van der Waals surface area contributed by atoms with Crippen molar-refractivity contribution in [3.8, 4) is 0 Å². The molecule has 1 amide bonds. The maximum absolute atomic E-state index is 12.5. The summed E-state index contributed by atoms with van der Waals surface area (Å²) in [7, 11) is 0. The van der Waals surface area contributed by atoms with Crippen LogP contribution in [0.2, 0.25) is 0 Å². The Morgan fingerprint density at radius 3 is 3.17 bits per heavy atom. The zero-order valence-electron chi connectivity index (χ0n) is 13.4. The van der Waals surface area contributed by atoms with E-state index in [0.717, 1.165) is 36.9 Å². The van der Waals surface area contributed by atoms with Crippen LogP contribution in [0, 0.1) is 0 Å². The fraction of sp³-hybridized carbons (Fsp3) is 0.333. The Morgan fingerprint density at radius 1 is 1.38 bits per heavy atom. The molecule has 0 aliphatic carbocycles. The average molecular weight is 324 g/mol. The van der Waals surface area contributed by atoms with E-state index in [1.165, 1.54) is 6.42 Å². The number of carbonyl (C=O) groups excluding carboxylic acids is 1. The predicted octanol–water partition coefficient (Wildman–Crippen LogP) is 3.19. The first-order chi connectivity index (χ1) is 11.8. The van der Waals surface area contributed by atoms with Crippen LogP contribution < -0.4 is 5.32 Å². The number of H-pyrrole nitrogens is 1. The fourth-order valence-corrected chi connectivity index (χ4v) is 3.15. The molecule has 1 fully saturated rings. The van der Waals surface area contributed by atoms with Gasteiger partial charge in [-0.1, -0.05) is 18.2 Å². The molecule has 0 saturated carbocycles. The third-order valence-electron chi connectivity index (χ3n) is 4.39. The van der Waals surface area contributed by atoms with Crippen molar-refractivity contribution in [1.82, 2.24) is 14.8 Å². The highest BCUT2D eigenvalue weighted by atomic mass is 16.5. The first-order valence-electron chi connectivity index (χ1n) is 8.31. The number of amides is 1. The number of nitrogens with one attached hydrogen (secondary N) is 2. The van der Waals surface area contributed by atoms with E-state index in [0.29, 0.717) is 11.3 Å². The molecule has 2 aromatic heterocycles. The molecule has 1 saturated heterocycles. The molecule has 6 nitrogen and oxygen atoms in total. The zero-order valence-corrected chi connectivity index (χ0v) is 13.4. The largest absolute Gasteiger partial charge is 0.376 e. The molecule has 3 aromatic rings. The molecule has 124 valence electrons. The van der Waals surface area contributed by atoms with E-state index in [1.54, 1.807) is 12.4 Å². The Labute approximate surface area is 139 Å². The van der Waals surface area contributed by atoms with Crippen molar-refractivity contribution >= 4 is 22.5 Å². The molecule has 1 aromatic carbocycles. The van der Waals surface area contributed by atoms with E-state index in [2.05, 4.69) is 15.4 Å². The molecule has 0 spiro atoms. The van der Waals surface area contributed by atoms with Crippen LogP contribution >= 0.6 is 0 Å². The van der Waals surface area contributed by atoms with Crippen molar-refractivity contribution < 1.29 is 9.53 Å². The number of aromatic nitrogens is 3. The maximum Gasteiger partial charge on any atom is 0.257 e. The van der Waals surface area contributed by atoms with Crippen molar-refractivity contribution in [1.29, 1.82) is 0 Å². The average Bonchev–Trinajstić information content (AvgIpc) is 3.22. The molecule has 0 unspecified atom stereocenters. The number of para-hydroxylation sites is 1. The lowest BCUT2D eigenvalue weighted by Crippen LogP contribution is -2.24. The number of carbonyl (C=O) groups is 1. The van der Waals surface area contributed by atoms with Gasteiger partial charge in [-0.05, 0) is 25.3 Å². The minimum Gasteiger partial charge on any atom is -0.376 e. The lowest BCUT2D eigenvalue weighted by atomic mass is 10.1. The Bertz CT molecular complexity index is 845. The van der Waals surface area contributed by atoms with Crippen molar-refractivity contribution in [2.24, 2.45) is 0 Å². The van der Waals surface area contributed by atoms with Crippen molar-refractivity contribution in [2.45, 2.75) is 31.9 Å². The lowest BCUT2D eigenvalue weighted by molar-refractivity contribution is 0.00401. The van der Waals surface area contributed by atoms with Crippen LogP contribution in [0.25, 0.3) is 10.9 Å². The third-order valence-corrected chi connectivity index (χ3v) is 4.39. The van der Waals surface area contributed by atoms with Gasteiger partial charge in [-0.3, -0.25) is 9.48 Å². The highest BCUT2D eigenvalue weighted by Crippen LogP contribution is 2.19. The van der Waals surface area contributed by atoms with Gasteiger partial charge in [0.2, 0.25) is 0 Å². The molecule has 2 N–H and O–H groups in total. The molecular formula is C18H20N4O2. The quantitative estimate of drug-likeness (QED) is 0.774. The number of hydrogen-bond donors (Lipinski definition) is 2. The van der Waals surface area contributed by atoms with Crippen LogP contribution in [-0.2, 0) is 11.3 Å². The summed E-state index contributed by atoms with van der Waals surface area (Å²) in [6.45, 7) is 1.55. The van der Waals surface area contributed by atoms with Crippen LogP contribution in [0.4, 0.5) is 5.69 Å². The fourth-order valence-electron chi connectivity index (χ4n) is 3.15. The van der Waals surface area contributed by atoms with Gasteiger partial charge >= 0.3 is 0 Å². The van der Waals surface area contributed by atoms with E-state index < -0.39 is 0 Å². The standard InChI is InChI=1S/C18H20N4O2/c23-18(16-10-19-17-7-2-1-6-15(16)17)21-13-9-20-22(11-13)12-14-5-3-4-8-24-14/h1-2,6-7,9-11,14,19H,3-5,8,12H2,(H,21,23)/t14-/m1/s1. The molecule has 1 aliphatic rings. The molecule has 1 aliphatic heterocycles. The summed E-state index contributed by atoms with van der Waals surface area (Å²) in [4.78, 5) is 15.6. The Kier molecular flexibility index (Phi) is 4.04. The van der Waals surface area contributed by atoms with Crippen LogP contribution in [0.3, 0.4) is 0 Å². The van der Waals surface area contributed by atoms with Crippen molar-refractivity contribution in [3.05, 3.63) is 48.4 Å². The molecule has 1 atom stereocenters. The summed E-state index contributed by atoms with van der Waals surface area (Å²) in [5.74, 6) is -0.138. The van der Waals surface area contributed by atoms with Crippen LogP contribution in [0.1, 0.15) is 29.6 Å². The highest BCUT2D eigenvalue weighted by Gasteiger charge is 2.16. The molecule has 0 radical (unpaired) electrons. The zero-order chi connectivity index (χ0) is 16.4. The van der Waals surface area contributed by atoms with Crippen LogP contribution in [0.5, 0.6) is 0 Å². The van der Waals surface area contributed by atoms with Gasteiger partial charge in [-0.15, -0.1) is 0 Å². The third kappa shape index (κ3) is 3.05. The van der Waals surface area contributed by atoms with E-state index >= 15 is 0 Å². The van der Waals surface area contributed by atoms with Gasteiger partial charge in [0.15, 0.2) is 0 Å². The van der Waals surface area contributed by atoms with Crippen LogP contribution in [-0.4, -0.2) is 33.4 Å². The second-order valence-electron chi connectivity index (χ2n) is 6.14. The molecule has 6 heteroatoms. The summed E-state index contributed by atoms with van der Waals surface area (Å²) >= 11 is 0. The van der Waals surface area contributed by atoms with Gasteiger partial charge < -0.3 is 15.0 Å². The first-order valence-corrected chi connectivity index (χ1v) is 8.31. The van der Waals surface area contributed by atoms with E-state index in [-0.39, 0.29) is 12.0 Å². The van der Waals surface area contributed by atoms with E-state index in [9.17, 15) is 4.79 Å². The Hall–Kier alpha value is -2.60. The monoisotopic (exact) mass is 324 g/mol. The van der Waals surface area contributed by atoms with Gasteiger partial charge in [0.05, 0.1) is 30.1 Å². The minimum absolute atomic E-state index is 0.138.